The van der Waals surface area contributed by atoms with E-state index < -0.39 is 0 Å². The van der Waals surface area contributed by atoms with Crippen LogP contribution in [0.5, 0.6) is 5.75 Å². The SMILES string of the molecule is Cc1ccc2ncnc(N3CCOc4ccc(CO)cc4C3)c2n1. The zero-order valence-corrected chi connectivity index (χ0v) is 13.4. The van der Waals surface area contributed by atoms with Crippen molar-refractivity contribution in [2.24, 2.45) is 0 Å². The Balaban J connectivity index is 1.78. The maximum atomic E-state index is 9.38. The Morgan fingerprint density at radius 1 is 1.21 bits per heavy atom. The van der Waals surface area contributed by atoms with Gasteiger partial charge in [-0.3, -0.25) is 0 Å². The van der Waals surface area contributed by atoms with Gasteiger partial charge in [-0.15, -0.1) is 0 Å². The molecule has 0 fully saturated rings. The molecule has 24 heavy (non-hydrogen) atoms. The summed E-state index contributed by atoms with van der Waals surface area (Å²) in [6.07, 6.45) is 1.57. The lowest BCUT2D eigenvalue weighted by Gasteiger charge is -2.21. The molecule has 0 bridgehead atoms. The van der Waals surface area contributed by atoms with Gasteiger partial charge in [0.2, 0.25) is 0 Å². The van der Waals surface area contributed by atoms with Crippen LogP contribution < -0.4 is 9.64 Å². The smallest absolute Gasteiger partial charge is 0.159 e. The molecular formula is C18H18N4O2. The molecule has 4 rings (SSSR count). The van der Waals surface area contributed by atoms with E-state index in [9.17, 15) is 5.11 Å². The van der Waals surface area contributed by atoms with Crippen LogP contribution in [0.3, 0.4) is 0 Å². The number of aromatic nitrogens is 3. The van der Waals surface area contributed by atoms with Crippen molar-refractivity contribution in [1.82, 2.24) is 15.0 Å². The third kappa shape index (κ3) is 2.65. The van der Waals surface area contributed by atoms with Crippen molar-refractivity contribution in [3.05, 3.63) is 53.5 Å². The van der Waals surface area contributed by atoms with Crippen molar-refractivity contribution in [3.63, 3.8) is 0 Å². The Kier molecular flexibility index (Phi) is 3.74. The number of benzene rings is 1. The zero-order chi connectivity index (χ0) is 16.5. The van der Waals surface area contributed by atoms with Crippen LogP contribution in [0.15, 0.2) is 36.7 Å². The maximum absolute atomic E-state index is 9.38. The molecule has 1 aliphatic rings. The molecule has 0 atom stereocenters. The average molecular weight is 322 g/mol. The van der Waals surface area contributed by atoms with Crippen LogP contribution in [-0.4, -0.2) is 33.2 Å². The molecule has 1 aromatic carbocycles. The van der Waals surface area contributed by atoms with Gasteiger partial charge in [0.15, 0.2) is 5.82 Å². The Bertz CT molecular complexity index is 897. The Morgan fingerprint density at radius 2 is 2.12 bits per heavy atom. The predicted octanol–water partition coefficient (Wildman–Crippen LogP) is 2.22. The van der Waals surface area contributed by atoms with Crippen molar-refractivity contribution >= 4 is 16.9 Å². The van der Waals surface area contributed by atoms with Crippen LogP contribution in [0, 0.1) is 6.92 Å². The summed E-state index contributed by atoms with van der Waals surface area (Å²) in [5.74, 6) is 1.67. The fourth-order valence-electron chi connectivity index (χ4n) is 2.98. The molecule has 3 heterocycles. The molecule has 2 aromatic heterocycles. The summed E-state index contributed by atoms with van der Waals surface area (Å²) >= 11 is 0. The number of pyridine rings is 1. The fraction of sp³-hybridized carbons (Fsp3) is 0.278. The van der Waals surface area contributed by atoms with E-state index in [1.165, 1.54) is 0 Å². The zero-order valence-electron chi connectivity index (χ0n) is 13.4. The Morgan fingerprint density at radius 3 is 3.00 bits per heavy atom. The Hall–Kier alpha value is -2.73. The quantitative estimate of drug-likeness (QED) is 0.780. The van der Waals surface area contributed by atoms with Crippen molar-refractivity contribution < 1.29 is 9.84 Å². The molecule has 0 unspecified atom stereocenters. The van der Waals surface area contributed by atoms with Crippen LogP contribution in [0.1, 0.15) is 16.8 Å². The van der Waals surface area contributed by atoms with Crippen molar-refractivity contribution in [3.8, 4) is 5.75 Å². The summed E-state index contributed by atoms with van der Waals surface area (Å²) < 4.78 is 5.85. The highest BCUT2D eigenvalue weighted by Gasteiger charge is 2.19. The van der Waals surface area contributed by atoms with Gasteiger partial charge in [0.1, 0.15) is 24.2 Å². The molecule has 0 saturated carbocycles. The van der Waals surface area contributed by atoms with Gasteiger partial charge in [0, 0.05) is 17.8 Å². The molecule has 6 heteroatoms. The largest absolute Gasteiger partial charge is 0.491 e. The van der Waals surface area contributed by atoms with Gasteiger partial charge >= 0.3 is 0 Å². The topological polar surface area (TPSA) is 71.4 Å². The average Bonchev–Trinajstić information content (AvgIpc) is 2.82. The molecule has 0 radical (unpaired) electrons. The lowest BCUT2D eigenvalue weighted by Crippen LogP contribution is -2.26. The van der Waals surface area contributed by atoms with Crippen LogP contribution >= 0.6 is 0 Å². The first kappa shape index (κ1) is 14.8. The molecule has 122 valence electrons. The van der Waals surface area contributed by atoms with E-state index in [4.69, 9.17) is 4.74 Å². The van der Waals surface area contributed by atoms with E-state index in [1.807, 2.05) is 37.3 Å². The van der Waals surface area contributed by atoms with Crippen LogP contribution in [0.25, 0.3) is 11.0 Å². The van der Waals surface area contributed by atoms with E-state index >= 15 is 0 Å². The predicted molar refractivity (Wildman–Crippen MR) is 91.0 cm³/mol. The highest BCUT2D eigenvalue weighted by molar-refractivity contribution is 5.85. The van der Waals surface area contributed by atoms with E-state index in [1.54, 1.807) is 6.33 Å². The van der Waals surface area contributed by atoms with E-state index in [-0.39, 0.29) is 6.61 Å². The minimum atomic E-state index is 0.0183. The molecule has 1 N–H and O–H groups in total. The highest BCUT2D eigenvalue weighted by atomic mass is 16.5. The Labute approximate surface area is 139 Å². The summed E-state index contributed by atoms with van der Waals surface area (Å²) in [6.45, 7) is 3.92. The summed E-state index contributed by atoms with van der Waals surface area (Å²) in [5.41, 5.74) is 4.49. The van der Waals surface area contributed by atoms with E-state index in [2.05, 4.69) is 19.9 Å². The van der Waals surface area contributed by atoms with Gasteiger partial charge in [0.05, 0.1) is 18.7 Å². The standard InChI is InChI=1S/C18H18N4O2/c1-12-2-4-15-17(21-12)18(20-11-19-15)22-6-7-24-16-5-3-13(10-23)8-14(16)9-22/h2-5,8,11,23H,6-7,9-10H2,1H3. The number of hydrogen-bond donors (Lipinski definition) is 1. The molecule has 1 aliphatic heterocycles. The van der Waals surface area contributed by atoms with Gasteiger partial charge in [-0.1, -0.05) is 6.07 Å². The second-order valence-corrected chi connectivity index (χ2v) is 5.89. The first-order chi connectivity index (χ1) is 11.7. The number of nitrogens with zero attached hydrogens (tertiary/aromatic N) is 4. The van der Waals surface area contributed by atoms with Crippen molar-refractivity contribution in [2.45, 2.75) is 20.1 Å². The lowest BCUT2D eigenvalue weighted by molar-refractivity contribution is 0.281. The van der Waals surface area contributed by atoms with E-state index in [0.29, 0.717) is 19.7 Å². The van der Waals surface area contributed by atoms with Gasteiger partial charge in [-0.05, 0) is 36.8 Å². The van der Waals surface area contributed by atoms with E-state index in [0.717, 1.165) is 39.4 Å². The number of rotatable bonds is 2. The highest BCUT2D eigenvalue weighted by Crippen LogP contribution is 2.29. The molecular weight excluding hydrogens is 304 g/mol. The van der Waals surface area contributed by atoms with Gasteiger partial charge in [-0.2, -0.15) is 0 Å². The van der Waals surface area contributed by atoms with Gasteiger partial charge in [-0.25, -0.2) is 15.0 Å². The number of hydrogen-bond acceptors (Lipinski definition) is 6. The maximum Gasteiger partial charge on any atom is 0.159 e. The van der Waals surface area contributed by atoms with Crippen LogP contribution in [-0.2, 0) is 13.2 Å². The first-order valence-corrected chi connectivity index (χ1v) is 7.93. The van der Waals surface area contributed by atoms with Crippen molar-refractivity contribution in [2.75, 3.05) is 18.1 Å². The number of aliphatic hydroxyl groups excluding tert-OH is 1. The van der Waals surface area contributed by atoms with Crippen molar-refractivity contribution in [1.29, 1.82) is 0 Å². The summed E-state index contributed by atoms with van der Waals surface area (Å²) in [6, 6.07) is 9.71. The fourth-order valence-corrected chi connectivity index (χ4v) is 2.98. The number of anilines is 1. The van der Waals surface area contributed by atoms with Gasteiger partial charge < -0.3 is 14.7 Å². The van der Waals surface area contributed by atoms with Gasteiger partial charge in [0.25, 0.3) is 0 Å². The first-order valence-electron chi connectivity index (χ1n) is 7.93. The summed E-state index contributed by atoms with van der Waals surface area (Å²) in [7, 11) is 0. The summed E-state index contributed by atoms with van der Waals surface area (Å²) in [5, 5.41) is 9.38. The third-order valence-electron chi connectivity index (χ3n) is 4.19. The molecule has 3 aromatic rings. The number of aliphatic hydroxyl groups is 1. The van der Waals surface area contributed by atoms with Crippen LogP contribution in [0.2, 0.25) is 0 Å². The third-order valence-corrected chi connectivity index (χ3v) is 4.19. The lowest BCUT2D eigenvalue weighted by atomic mass is 10.1. The molecule has 0 amide bonds. The normalized spacial score (nSPS) is 14.2. The molecule has 0 spiro atoms. The minimum Gasteiger partial charge on any atom is -0.491 e. The minimum absolute atomic E-state index is 0.0183. The molecule has 0 aliphatic carbocycles. The summed E-state index contributed by atoms with van der Waals surface area (Å²) in [4.78, 5) is 15.6. The number of aryl methyl sites for hydroxylation is 1. The molecule has 6 nitrogen and oxygen atoms in total. The second kappa shape index (κ2) is 6.05. The number of ether oxygens (including phenoxy) is 1. The van der Waals surface area contributed by atoms with Crippen LogP contribution in [0.4, 0.5) is 5.82 Å². The number of fused-ring (bicyclic) bond motifs is 2. The monoisotopic (exact) mass is 322 g/mol. The second-order valence-electron chi connectivity index (χ2n) is 5.89. The molecule has 0 saturated heterocycles.